The van der Waals surface area contributed by atoms with Gasteiger partial charge in [-0.2, -0.15) is 0 Å². The Hall–Kier alpha value is -0.410. The summed E-state index contributed by atoms with van der Waals surface area (Å²) in [6, 6.07) is 5.70. The maximum absolute atomic E-state index is 13.6. The van der Waals surface area contributed by atoms with Gasteiger partial charge in [0.1, 0.15) is 5.82 Å². The SMILES string of the molecule is Fc1ccc(Br)cc1CNC1CCCCCCC1. The van der Waals surface area contributed by atoms with Gasteiger partial charge in [0.05, 0.1) is 0 Å². The molecule has 0 amide bonds. The number of benzene rings is 1. The zero-order chi connectivity index (χ0) is 12.8. The van der Waals surface area contributed by atoms with Crippen molar-refractivity contribution in [2.75, 3.05) is 0 Å². The van der Waals surface area contributed by atoms with Crippen LogP contribution in [0.5, 0.6) is 0 Å². The molecule has 1 aromatic carbocycles. The van der Waals surface area contributed by atoms with Crippen LogP contribution >= 0.6 is 15.9 Å². The first-order valence-corrected chi connectivity index (χ1v) is 7.72. The molecule has 1 aliphatic carbocycles. The van der Waals surface area contributed by atoms with Gasteiger partial charge in [-0.15, -0.1) is 0 Å². The fourth-order valence-electron chi connectivity index (χ4n) is 2.59. The van der Waals surface area contributed by atoms with Gasteiger partial charge in [0.25, 0.3) is 0 Å². The van der Waals surface area contributed by atoms with Gasteiger partial charge in [-0.1, -0.05) is 48.0 Å². The minimum Gasteiger partial charge on any atom is -0.310 e. The summed E-state index contributed by atoms with van der Waals surface area (Å²) in [7, 11) is 0. The highest BCUT2D eigenvalue weighted by Gasteiger charge is 2.11. The van der Waals surface area contributed by atoms with E-state index < -0.39 is 0 Å². The predicted octanol–water partition coefficient (Wildman–Crippen LogP) is 4.79. The Balaban J connectivity index is 1.87. The van der Waals surface area contributed by atoms with Crippen LogP contribution < -0.4 is 5.32 Å². The van der Waals surface area contributed by atoms with Crippen LogP contribution in [-0.2, 0) is 6.54 Å². The normalized spacial score (nSPS) is 18.3. The van der Waals surface area contributed by atoms with Gasteiger partial charge >= 0.3 is 0 Å². The van der Waals surface area contributed by atoms with E-state index in [0.717, 1.165) is 10.0 Å². The number of hydrogen-bond acceptors (Lipinski definition) is 1. The largest absolute Gasteiger partial charge is 0.310 e. The summed E-state index contributed by atoms with van der Waals surface area (Å²) in [5, 5.41) is 3.51. The molecule has 0 aliphatic heterocycles. The Morgan fingerprint density at radius 3 is 2.50 bits per heavy atom. The molecule has 0 unspecified atom stereocenters. The van der Waals surface area contributed by atoms with Crippen molar-refractivity contribution in [2.45, 2.75) is 57.5 Å². The third kappa shape index (κ3) is 4.36. The Kier molecular flexibility index (Phi) is 5.64. The van der Waals surface area contributed by atoms with E-state index >= 15 is 0 Å². The van der Waals surface area contributed by atoms with Crippen LogP contribution in [0.15, 0.2) is 22.7 Å². The molecule has 0 saturated heterocycles. The number of halogens is 2. The molecule has 1 fully saturated rings. The minimum absolute atomic E-state index is 0.114. The van der Waals surface area contributed by atoms with Crippen molar-refractivity contribution >= 4 is 15.9 Å². The molecule has 2 rings (SSSR count). The lowest BCUT2D eigenvalue weighted by Gasteiger charge is -2.21. The average Bonchev–Trinajstić information content (AvgIpc) is 2.32. The quantitative estimate of drug-likeness (QED) is 0.846. The van der Waals surface area contributed by atoms with E-state index in [1.807, 2.05) is 6.07 Å². The molecular weight excluding hydrogens is 293 g/mol. The number of hydrogen-bond donors (Lipinski definition) is 1. The third-order valence-electron chi connectivity index (χ3n) is 3.69. The molecule has 1 nitrogen and oxygen atoms in total. The van der Waals surface area contributed by atoms with Crippen molar-refractivity contribution in [3.05, 3.63) is 34.1 Å². The molecule has 18 heavy (non-hydrogen) atoms. The van der Waals surface area contributed by atoms with Crippen LogP contribution in [0.25, 0.3) is 0 Å². The van der Waals surface area contributed by atoms with E-state index in [9.17, 15) is 4.39 Å². The zero-order valence-corrected chi connectivity index (χ0v) is 12.3. The van der Waals surface area contributed by atoms with Crippen molar-refractivity contribution in [1.82, 2.24) is 5.32 Å². The van der Waals surface area contributed by atoms with Gasteiger partial charge in [0.2, 0.25) is 0 Å². The molecule has 0 atom stereocenters. The number of rotatable bonds is 3. The van der Waals surface area contributed by atoms with Crippen LogP contribution in [-0.4, -0.2) is 6.04 Å². The standard InChI is InChI=1S/C15H21BrFN/c16-13-8-9-15(17)12(10-13)11-18-14-6-4-2-1-3-5-7-14/h8-10,14,18H,1-7,11H2. The Morgan fingerprint density at radius 2 is 1.78 bits per heavy atom. The second kappa shape index (κ2) is 7.25. The molecule has 100 valence electrons. The average molecular weight is 314 g/mol. The van der Waals surface area contributed by atoms with Gasteiger partial charge in [-0.05, 0) is 31.0 Å². The summed E-state index contributed by atoms with van der Waals surface area (Å²) >= 11 is 3.39. The Bertz CT molecular complexity index is 373. The highest BCUT2D eigenvalue weighted by Crippen LogP contribution is 2.19. The summed E-state index contributed by atoms with van der Waals surface area (Å²) in [5.74, 6) is -0.114. The molecule has 1 saturated carbocycles. The first kappa shape index (κ1) is 14.0. The molecule has 0 spiro atoms. The van der Waals surface area contributed by atoms with Gasteiger partial charge in [0, 0.05) is 22.6 Å². The molecular formula is C15H21BrFN. The maximum atomic E-state index is 13.6. The van der Waals surface area contributed by atoms with Gasteiger partial charge in [-0.3, -0.25) is 0 Å². The van der Waals surface area contributed by atoms with Crippen molar-refractivity contribution in [1.29, 1.82) is 0 Å². The summed E-state index contributed by atoms with van der Waals surface area (Å²) in [4.78, 5) is 0. The maximum Gasteiger partial charge on any atom is 0.127 e. The fraction of sp³-hybridized carbons (Fsp3) is 0.600. The molecule has 0 radical (unpaired) electrons. The lowest BCUT2D eigenvalue weighted by Crippen LogP contribution is -2.29. The van der Waals surface area contributed by atoms with E-state index in [-0.39, 0.29) is 5.82 Å². The van der Waals surface area contributed by atoms with Crippen molar-refractivity contribution in [2.24, 2.45) is 0 Å². The molecule has 0 heterocycles. The monoisotopic (exact) mass is 313 g/mol. The van der Waals surface area contributed by atoms with Gasteiger partial charge in [0.15, 0.2) is 0 Å². The molecule has 1 aromatic rings. The van der Waals surface area contributed by atoms with E-state index in [1.165, 1.54) is 51.0 Å². The van der Waals surface area contributed by atoms with Crippen LogP contribution in [0, 0.1) is 5.82 Å². The van der Waals surface area contributed by atoms with E-state index in [1.54, 1.807) is 6.07 Å². The van der Waals surface area contributed by atoms with Crippen LogP contribution in [0.1, 0.15) is 50.5 Å². The van der Waals surface area contributed by atoms with Crippen molar-refractivity contribution in [3.8, 4) is 0 Å². The highest BCUT2D eigenvalue weighted by molar-refractivity contribution is 9.10. The predicted molar refractivity (Wildman–Crippen MR) is 77.0 cm³/mol. The number of nitrogens with one attached hydrogen (secondary N) is 1. The summed E-state index contributed by atoms with van der Waals surface area (Å²) in [6.07, 6.45) is 9.16. The molecule has 3 heteroatoms. The lowest BCUT2D eigenvalue weighted by molar-refractivity contribution is 0.386. The lowest BCUT2D eigenvalue weighted by atomic mass is 9.96. The zero-order valence-electron chi connectivity index (χ0n) is 10.7. The second-order valence-corrected chi connectivity index (χ2v) is 6.07. The van der Waals surface area contributed by atoms with E-state index in [0.29, 0.717) is 12.6 Å². The fourth-order valence-corrected chi connectivity index (χ4v) is 3.00. The van der Waals surface area contributed by atoms with Crippen molar-refractivity contribution < 1.29 is 4.39 Å². The summed E-state index contributed by atoms with van der Waals surface area (Å²) in [6.45, 7) is 0.635. The first-order valence-electron chi connectivity index (χ1n) is 6.93. The van der Waals surface area contributed by atoms with E-state index in [4.69, 9.17) is 0 Å². The molecule has 1 N–H and O–H groups in total. The third-order valence-corrected chi connectivity index (χ3v) is 4.19. The molecule has 0 bridgehead atoms. The second-order valence-electron chi connectivity index (χ2n) is 5.16. The Labute approximate surface area is 117 Å². The van der Waals surface area contributed by atoms with Gasteiger partial charge < -0.3 is 5.32 Å². The summed E-state index contributed by atoms with van der Waals surface area (Å²) < 4.78 is 14.6. The minimum atomic E-state index is -0.114. The smallest absolute Gasteiger partial charge is 0.127 e. The highest BCUT2D eigenvalue weighted by atomic mass is 79.9. The topological polar surface area (TPSA) is 12.0 Å². The van der Waals surface area contributed by atoms with Crippen molar-refractivity contribution in [3.63, 3.8) is 0 Å². The van der Waals surface area contributed by atoms with Gasteiger partial charge in [-0.25, -0.2) is 4.39 Å². The molecule has 0 aromatic heterocycles. The van der Waals surface area contributed by atoms with E-state index in [2.05, 4.69) is 21.2 Å². The first-order chi connectivity index (χ1) is 8.75. The summed E-state index contributed by atoms with van der Waals surface area (Å²) in [5.41, 5.74) is 0.756. The Morgan fingerprint density at radius 1 is 1.11 bits per heavy atom. The molecule has 1 aliphatic rings. The van der Waals surface area contributed by atoms with Crippen LogP contribution in [0.4, 0.5) is 4.39 Å². The van der Waals surface area contributed by atoms with Crippen LogP contribution in [0.3, 0.4) is 0 Å². The van der Waals surface area contributed by atoms with Crippen LogP contribution in [0.2, 0.25) is 0 Å².